The molecule has 0 saturated heterocycles. The fraction of sp³-hybridized carbons (Fsp3) is 0.455. The van der Waals surface area contributed by atoms with E-state index in [4.69, 9.17) is 4.74 Å². The number of rotatable bonds is 6. The Bertz CT molecular complexity index is 330. The van der Waals surface area contributed by atoms with E-state index < -0.39 is 0 Å². The van der Waals surface area contributed by atoms with Crippen molar-refractivity contribution in [3.8, 4) is 0 Å². The van der Waals surface area contributed by atoms with E-state index in [2.05, 4.69) is 0 Å². The van der Waals surface area contributed by atoms with Crippen LogP contribution in [0.25, 0.3) is 0 Å². The summed E-state index contributed by atoms with van der Waals surface area (Å²) in [7, 11) is 0. The Morgan fingerprint density at radius 2 is 2.40 bits per heavy atom. The van der Waals surface area contributed by atoms with Gasteiger partial charge in [0.15, 0.2) is 6.29 Å². The van der Waals surface area contributed by atoms with Crippen molar-refractivity contribution in [2.75, 3.05) is 6.61 Å². The molecule has 0 aliphatic carbocycles. The Morgan fingerprint density at radius 3 is 3.00 bits per heavy atom. The third-order valence-electron chi connectivity index (χ3n) is 1.98. The van der Waals surface area contributed by atoms with Gasteiger partial charge in [-0.15, -0.1) is 0 Å². The Balaban J connectivity index is 2.34. The molecule has 1 heterocycles. The summed E-state index contributed by atoms with van der Waals surface area (Å²) >= 11 is 0. The smallest absolute Gasteiger partial charge is 0.325 e. The Kier molecular flexibility index (Phi) is 4.60. The molecule has 0 fully saturated rings. The average Bonchev–Trinajstić information content (AvgIpc) is 2.66. The molecule has 0 bridgehead atoms. The van der Waals surface area contributed by atoms with Crippen LogP contribution in [0.3, 0.4) is 0 Å². The third-order valence-corrected chi connectivity index (χ3v) is 1.98. The Labute approximate surface area is 88.8 Å². The predicted molar refractivity (Wildman–Crippen MR) is 55.7 cm³/mol. The lowest BCUT2D eigenvalue weighted by molar-refractivity contribution is -0.144. The number of carbonyl (C=O) groups is 2. The van der Waals surface area contributed by atoms with Crippen molar-refractivity contribution in [1.29, 1.82) is 0 Å². The maximum absolute atomic E-state index is 11.3. The van der Waals surface area contributed by atoms with Crippen LogP contribution in [0, 0.1) is 0 Å². The maximum atomic E-state index is 11.3. The van der Waals surface area contributed by atoms with Crippen LogP contribution >= 0.6 is 0 Å². The summed E-state index contributed by atoms with van der Waals surface area (Å²) in [5.41, 5.74) is 0.566. The first-order valence-corrected chi connectivity index (χ1v) is 5.03. The second kappa shape index (κ2) is 6.01. The number of esters is 1. The number of hydrogen-bond donors (Lipinski definition) is 0. The van der Waals surface area contributed by atoms with E-state index in [1.807, 2.05) is 6.92 Å². The number of ether oxygens (including phenoxy) is 1. The van der Waals surface area contributed by atoms with E-state index in [1.54, 1.807) is 23.0 Å². The Hall–Kier alpha value is -1.58. The lowest BCUT2D eigenvalue weighted by Crippen LogP contribution is -2.12. The summed E-state index contributed by atoms with van der Waals surface area (Å²) in [5.74, 6) is -0.267. The highest BCUT2D eigenvalue weighted by Gasteiger charge is 2.03. The quantitative estimate of drug-likeness (QED) is 0.406. The molecule has 1 aromatic rings. The van der Waals surface area contributed by atoms with Gasteiger partial charge in [-0.25, -0.2) is 0 Å². The monoisotopic (exact) mass is 209 g/mol. The van der Waals surface area contributed by atoms with Crippen molar-refractivity contribution in [3.05, 3.63) is 24.0 Å². The van der Waals surface area contributed by atoms with E-state index in [0.29, 0.717) is 12.2 Å². The molecular weight excluding hydrogens is 194 g/mol. The SMILES string of the molecule is CCCCOC(=O)Cn1ccc(C=O)c1. The van der Waals surface area contributed by atoms with Gasteiger partial charge in [0.1, 0.15) is 6.54 Å². The zero-order valence-electron chi connectivity index (χ0n) is 8.81. The highest BCUT2D eigenvalue weighted by molar-refractivity contribution is 5.75. The van der Waals surface area contributed by atoms with Crippen molar-refractivity contribution < 1.29 is 14.3 Å². The fourth-order valence-corrected chi connectivity index (χ4v) is 1.15. The lowest BCUT2D eigenvalue weighted by atomic mass is 10.4. The topological polar surface area (TPSA) is 48.3 Å². The summed E-state index contributed by atoms with van der Waals surface area (Å²) in [4.78, 5) is 21.6. The van der Waals surface area contributed by atoms with Crippen LogP contribution in [0.2, 0.25) is 0 Å². The fourth-order valence-electron chi connectivity index (χ4n) is 1.15. The molecule has 0 aliphatic rings. The largest absolute Gasteiger partial charge is 0.464 e. The molecule has 4 nitrogen and oxygen atoms in total. The molecular formula is C11H15NO3. The summed E-state index contributed by atoms with van der Waals surface area (Å²) in [5, 5.41) is 0. The van der Waals surface area contributed by atoms with Gasteiger partial charge < -0.3 is 9.30 Å². The summed E-state index contributed by atoms with van der Waals surface area (Å²) in [6, 6.07) is 1.66. The van der Waals surface area contributed by atoms with Crippen LogP contribution in [-0.2, 0) is 16.1 Å². The number of aromatic nitrogens is 1. The van der Waals surface area contributed by atoms with E-state index in [9.17, 15) is 9.59 Å². The molecule has 1 aromatic heterocycles. The van der Waals surface area contributed by atoms with Gasteiger partial charge >= 0.3 is 5.97 Å². The van der Waals surface area contributed by atoms with E-state index in [0.717, 1.165) is 19.1 Å². The zero-order valence-corrected chi connectivity index (χ0v) is 8.81. The van der Waals surface area contributed by atoms with Crippen LogP contribution in [0.4, 0.5) is 0 Å². The molecule has 0 aliphatic heterocycles. The van der Waals surface area contributed by atoms with Crippen molar-refractivity contribution in [3.63, 3.8) is 0 Å². The molecule has 0 aromatic carbocycles. The summed E-state index contributed by atoms with van der Waals surface area (Å²) < 4.78 is 6.62. The van der Waals surface area contributed by atoms with Crippen LogP contribution in [-0.4, -0.2) is 23.4 Å². The molecule has 0 saturated carbocycles. The van der Waals surface area contributed by atoms with Gasteiger partial charge in [0.2, 0.25) is 0 Å². The highest BCUT2D eigenvalue weighted by Crippen LogP contribution is 1.99. The van der Waals surface area contributed by atoms with Gasteiger partial charge in [-0.1, -0.05) is 13.3 Å². The predicted octanol–water partition coefficient (Wildman–Crippen LogP) is 1.64. The van der Waals surface area contributed by atoms with Crippen LogP contribution in [0.15, 0.2) is 18.5 Å². The molecule has 15 heavy (non-hydrogen) atoms. The van der Waals surface area contributed by atoms with Gasteiger partial charge in [0, 0.05) is 18.0 Å². The minimum Gasteiger partial charge on any atom is -0.464 e. The second-order valence-corrected chi connectivity index (χ2v) is 3.31. The minimum absolute atomic E-state index is 0.164. The van der Waals surface area contributed by atoms with Crippen LogP contribution in [0.5, 0.6) is 0 Å². The third kappa shape index (κ3) is 3.97. The van der Waals surface area contributed by atoms with Gasteiger partial charge in [0.25, 0.3) is 0 Å². The van der Waals surface area contributed by atoms with Gasteiger partial charge in [-0.2, -0.15) is 0 Å². The molecule has 0 radical (unpaired) electrons. The van der Waals surface area contributed by atoms with Crippen LogP contribution < -0.4 is 0 Å². The van der Waals surface area contributed by atoms with Crippen LogP contribution in [0.1, 0.15) is 30.1 Å². The normalized spacial score (nSPS) is 9.93. The number of aldehydes is 1. The standard InChI is InChI=1S/C11H15NO3/c1-2-3-6-15-11(14)8-12-5-4-10(7-12)9-13/h4-5,7,9H,2-3,6,8H2,1H3. The maximum Gasteiger partial charge on any atom is 0.325 e. The number of unbranched alkanes of at least 4 members (excludes halogenated alkanes) is 1. The molecule has 0 atom stereocenters. The van der Waals surface area contributed by atoms with E-state index >= 15 is 0 Å². The molecule has 0 spiro atoms. The second-order valence-electron chi connectivity index (χ2n) is 3.31. The molecule has 82 valence electrons. The van der Waals surface area contributed by atoms with Gasteiger partial charge in [0.05, 0.1) is 6.61 Å². The van der Waals surface area contributed by atoms with Crippen molar-refractivity contribution >= 4 is 12.3 Å². The van der Waals surface area contributed by atoms with E-state index in [-0.39, 0.29) is 12.5 Å². The Morgan fingerprint density at radius 1 is 1.60 bits per heavy atom. The highest BCUT2D eigenvalue weighted by atomic mass is 16.5. The first kappa shape index (κ1) is 11.5. The number of carbonyl (C=O) groups excluding carboxylic acids is 2. The molecule has 4 heteroatoms. The minimum atomic E-state index is -0.267. The summed E-state index contributed by atoms with van der Waals surface area (Å²) in [6.45, 7) is 2.67. The molecule has 0 amide bonds. The van der Waals surface area contributed by atoms with Crippen molar-refractivity contribution in [1.82, 2.24) is 4.57 Å². The van der Waals surface area contributed by atoms with E-state index in [1.165, 1.54) is 0 Å². The molecule has 1 rings (SSSR count). The van der Waals surface area contributed by atoms with Crippen molar-refractivity contribution in [2.24, 2.45) is 0 Å². The first-order chi connectivity index (χ1) is 7.26. The number of nitrogens with zero attached hydrogens (tertiary/aromatic N) is 1. The first-order valence-electron chi connectivity index (χ1n) is 5.03. The van der Waals surface area contributed by atoms with Crippen molar-refractivity contribution in [2.45, 2.75) is 26.3 Å². The summed E-state index contributed by atoms with van der Waals surface area (Å²) in [6.07, 6.45) is 5.95. The molecule has 0 N–H and O–H groups in total. The zero-order chi connectivity index (χ0) is 11.1. The van der Waals surface area contributed by atoms with Gasteiger partial charge in [-0.05, 0) is 12.5 Å². The lowest BCUT2D eigenvalue weighted by Gasteiger charge is -2.04. The average molecular weight is 209 g/mol. The van der Waals surface area contributed by atoms with Gasteiger partial charge in [-0.3, -0.25) is 9.59 Å². The molecule has 0 unspecified atom stereocenters. The number of hydrogen-bond acceptors (Lipinski definition) is 3.